The molecule has 0 unspecified atom stereocenters. The van der Waals surface area contributed by atoms with Crippen LogP contribution in [0, 0.1) is 0 Å². The van der Waals surface area contributed by atoms with E-state index < -0.39 is 6.43 Å². The number of hydrogen-bond donors (Lipinski definition) is 2. The molecule has 7 heteroatoms. The van der Waals surface area contributed by atoms with Crippen LogP contribution < -0.4 is 15.2 Å². The smallest absolute Gasteiger partial charge is 0.264 e. The Morgan fingerprint density at radius 1 is 1.28 bits per heavy atom. The lowest BCUT2D eigenvalue weighted by Gasteiger charge is -2.07. The van der Waals surface area contributed by atoms with Gasteiger partial charge in [0.05, 0.1) is 5.69 Å². The number of nitrogens with two attached hydrogens (primary N) is 1. The van der Waals surface area contributed by atoms with E-state index in [4.69, 9.17) is 15.2 Å². The third-order valence-electron chi connectivity index (χ3n) is 2.63. The minimum atomic E-state index is -2.58. The summed E-state index contributed by atoms with van der Waals surface area (Å²) in [5.74, 6) is 0.999. The van der Waals surface area contributed by atoms with Gasteiger partial charge in [0.1, 0.15) is 5.82 Å². The second-order valence-electron chi connectivity index (χ2n) is 3.81. The van der Waals surface area contributed by atoms with Crippen molar-refractivity contribution in [2.75, 3.05) is 12.5 Å². The van der Waals surface area contributed by atoms with Gasteiger partial charge in [0.2, 0.25) is 6.79 Å². The van der Waals surface area contributed by atoms with Crippen molar-refractivity contribution >= 4 is 5.82 Å². The summed E-state index contributed by atoms with van der Waals surface area (Å²) in [7, 11) is 0. The molecule has 0 fully saturated rings. The van der Waals surface area contributed by atoms with Gasteiger partial charge in [-0.25, -0.2) is 8.78 Å². The SMILES string of the molecule is Nc1cc(-c2cc(C(F)F)cc3c2OCO3)[nH]n1. The number of anilines is 1. The van der Waals surface area contributed by atoms with E-state index in [1.165, 1.54) is 12.1 Å². The molecule has 1 aliphatic rings. The minimum absolute atomic E-state index is 0.0125. The summed E-state index contributed by atoms with van der Waals surface area (Å²) in [5.41, 5.74) is 6.33. The van der Waals surface area contributed by atoms with Crippen LogP contribution in [0.4, 0.5) is 14.6 Å². The average molecular weight is 253 g/mol. The highest BCUT2D eigenvalue weighted by molar-refractivity contribution is 5.74. The van der Waals surface area contributed by atoms with E-state index in [1.54, 1.807) is 6.07 Å². The Morgan fingerprint density at radius 2 is 2.11 bits per heavy atom. The molecule has 1 aliphatic heterocycles. The highest BCUT2D eigenvalue weighted by Crippen LogP contribution is 2.43. The fraction of sp³-hybridized carbons (Fsp3) is 0.182. The number of ether oxygens (including phenoxy) is 2. The summed E-state index contributed by atoms with van der Waals surface area (Å²) in [5, 5.41) is 6.42. The molecule has 1 aromatic heterocycles. The van der Waals surface area contributed by atoms with Gasteiger partial charge in [-0.05, 0) is 12.1 Å². The number of aromatic nitrogens is 2. The van der Waals surface area contributed by atoms with E-state index >= 15 is 0 Å². The van der Waals surface area contributed by atoms with Gasteiger partial charge in [0.15, 0.2) is 11.5 Å². The van der Waals surface area contributed by atoms with Crippen LogP contribution >= 0.6 is 0 Å². The zero-order valence-electron chi connectivity index (χ0n) is 9.11. The van der Waals surface area contributed by atoms with Crippen molar-refractivity contribution in [3.8, 4) is 22.8 Å². The largest absolute Gasteiger partial charge is 0.454 e. The van der Waals surface area contributed by atoms with Crippen LogP contribution in [0.5, 0.6) is 11.5 Å². The third-order valence-corrected chi connectivity index (χ3v) is 2.63. The maximum absolute atomic E-state index is 12.8. The molecule has 94 valence electrons. The van der Waals surface area contributed by atoms with E-state index in [1.807, 2.05) is 0 Å². The number of aromatic amines is 1. The van der Waals surface area contributed by atoms with Gasteiger partial charge < -0.3 is 15.2 Å². The van der Waals surface area contributed by atoms with Crippen LogP contribution in [0.2, 0.25) is 0 Å². The molecule has 0 saturated heterocycles. The van der Waals surface area contributed by atoms with Crippen molar-refractivity contribution in [3.63, 3.8) is 0 Å². The molecule has 0 aliphatic carbocycles. The van der Waals surface area contributed by atoms with Crippen LogP contribution in [0.25, 0.3) is 11.3 Å². The maximum atomic E-state index is 12.8. The standard InChI is InChI=1S/C11H9F2N3O2/c12-11(13)5-1-6(7-3-9(14)16-15-7)10-8(2-5)17-4-18-10/h1-3,11H,4H2,(H3,14,15,16). The first kappa shape index (κ1) is 10.8. The lowest BCUT2D eigenvalue weighted by Crippen LogP contribution is -1.93. The molecule has 0 spiro atoms. The van der Waals surface area contributed by atoms with E-state index in [-0.39, 0.29) is 18.2 Å². The molecule has 1 aromatic carbocycles. The first-order valence-electron chi connectivity index (χ1n) is 5.18. The fourth-order valence-corrected chi connectivity index (χ4v) is 1.83. The van der Waals surface area contributed by atoms with Crippen molar-refractivity contribution in [1.29, 1.82) is 0 Å². The Morgan fingerprint density at radius 3 is 2.78 bits per heavy atom. The summed E-state index contributed by atoms with van der Waals surface area (Å²) < 4.78 is 36.0. The van der Waals surface area contributed by atoms with Gasteiger partial charge in [0, 0.05) is 17.2 Å². The number of benzene rings is 1. The molecule has 2 aromatic rings. The monoisotopic (exact) mass is 253 g/mol. The van der Waals surface area contributed by atoms with Crippen molar-refractivity contribution in [2.45, 2.75) is 6.43 Å². The molecule has 0 atom stereocenters. The van der Waals surface area contributed by atoms with Crippen LogP contribution in [0.3, 0.4) is 0 Å². The van der Waals surface area contributed by atoms with Gasteiger partial charge in [-0.2, -0.15) is 5.10 Å². The highest BCUT2D eigenvalue weighted by atomic mass is 19.3. The number of halogens is 2. The van der Waals surface area contributed by atoms with Gasteiger partial charge in [-0.1, -0.05) is 0 Å². The summed E-state index contributed by atoms with van der Waals surface area (Å²) >= 11 is 0. The molecule has 0 bridgehead atoms. The number of alkyl halides is 2. The van der Waals surface area contributed by atoms with Crippen LogP contribution in [0.1, 0.15) is 12.0 Å². The lowest BCUT2D eigenvalue weighted by molar-refractivity contribution is 0.150. The Hall–Kier alpha value is -2.31. The lowest BCUT2D eigenvalue weighted by atomic mass is 10.1. The first-order chi connectivity index (χ1) is 8.65. The van der Waals surface area contributed by atoms with Crippen molar-refractivity contribution < 1.29 is 18.3 Å². The summed E-state index contributed by atoms with van der Waals surface area (Å²) in [6.07, 6.45) is -2.58. The molecule has 0 saturated carbocycles. The van der Waals surface area contributed by atoms with E-state index in [0.717, 1.165) is 0 Å². The summed E-state index contributed by atoms with van der Waals surface area (Å²) in [6.45, 7) is 0.0125. The van der Waals surface area contributed by atoms with Gasteiger partial charge in [-0.3, -0.25) is 5.10 Å². The number of rotatable bonds is 2. The van der Waals surface area contributed by atoms with Crippen LogP contribution in [-0.4, -0.2) is 17.0 Å². The first-order valence-corrected chi connectivity index (χ1v) is 5.18. The predicted octanol–water partition coefficient (Wildman–Crippen LogP) is 2.33. The minimum Gasteiger partial charge on any atom is -0.454 e. The van der Waals surface area contributed by atoms with Crippen molar-refractivity contribution in [3.05, 3.63) is 23.8 Å². The third kappa shape index (κ3) is 1.64. The number of nitrogens with one attached hydrogen (secondary N) is 1. The second kappa shape index (κ2) is 3.86. The number of H-pyrrole nitrogens is 1. The van der Waals surface area contributed by atoms with Crippen molar-refractivity contribution in [2.24, 2.45) is 0 Å². The number of nitrogen functional groups attached to an aromatic ring is 1. The van der Waals surface area contributed by atoms with Gasteiger partial charge in [-0.15, -0.1) is 0 Å². The van der Waals surface area contributed by atoms with Gasteiger partial charge >= 0.3 is 0 Å². The number of hydrogen-bond acceptors (Lipinski definition) is 4. The Labute approximate surface area is 101 Å². The highest BCUT2D eigenvalue weighted by Gasteiger charge is 2.23. The summed E-state index contributed by atoms with van der Waals surface area (Å²) in [6, 6.07) is 4.16. The topological polar surface area (TPSA) is 73.2 Å². The fourth-order valence-electron chi connectivity index (χ4n) is 1.83. The normalized spacial score (nSPS) is 13.3. The Kier molecular flexibility index (Phi) is 2.32. The average Bonchev–Trinajstić information content (AvgIpc) is 2.95. The molecule has 3 rings (SSSR count). The summed E-state index contributed by atoms with van der Waals surface area (Å²) in [4.78, 5) is 0. The number of nitrogens with zero attached hydrogens (tertiary/aromatic N) is 1. The van der Waals surface area contributed by atoms with Crippen LogP contribution in [0.15, 0.2) is 18.2 Å². The van der Waals surface area contributed by atoms with E-state index in [9.17, 15) is 8.78 Å². The van der Waals surface area contributed by atoms with Crippen LogP contribution in [-0.2, 0) is 0 Å². The van der Waals surface area contributed by atoms with E-state index in [2.05, 4.69) is 10.2 Å². The zero-order valence-corrected chi connectivity index (χ0v) is 9.11. The second-order valence-corrected chi connectivity index (χ2v) is 3.81. The van der Waals surface area contributed by atoms with E-state index in [0.29, 0.717) is 22.8 Å². The molecule has 2 heterocycles. The Bertz CT molecular complexity index is 598. The molecule has 0 radical (unpaired) electrons. The Balaban J connectivity index is 2.18. The maximum Gasteiger partial charge on any atom is 0.264 e. The molecule has 18 heavy (non-hydrogen) atoms. The molecular weight excluding hydrogens is 244 g/mol. The molecule has 0 amide bonds. The van der Waals surface area contributed by atoms with Crippen molar-refractivity contribution in [1.82, 2.24) is 10.2 Å². The van der Waals surface area contributed by atoms with Gasteiger partial charge in [0.25, 0.3) is 6.43 Å². The molecule has 5 nitrogen and oxygen atoms in total. The predicted molar refractivity (Wildman–Crippen MR) is 59.5 cm³/mol. The molecular formula is C11H9F2N3O2. The quantitative estimate of drug-likeness (QED) is 0.861. The number of fused-ring (bicyclic) bond motifs is 1. The molecule has 3 N–H and O–H groups in total. The zero-order chi connectivity index (χ0) is 12.7.